The zero-order valence-electron chi connectivity index (χ0n) is 16.1. The van der Waals surface area contributed by atoms with Crippen LogP contribution in [0, 0.1) is 6.92 Å². The zero-order chi connectivity index (χ0) is 20.4. The van der Waals surface area contributed by atoms with E-state index in [1.165, 1.54) is 13.2 Å². The Morgan fingerprint density at radius 1 is 1.21 bits per heavy atom. The number of para-hydroxylation sites is 2. The average molecular weight is 404 g/mol. The molecule has 0 saturated carbocycles. The van der Waals surface area contributed by atoms with Gasteiger partial charge in [-0.15, -0.1) is 0 Å². The predicted molar refractivity (Wildman–Crippen MR) is 106 cm³/mol. The van der Waals surface area contributed by atoms with E-state index >= 15 is 0 Å². The zero-order valence-corrected chi connectivity index (χ0v) is 16.9. The number of rotatable bonds is 6. The Labute approximate surface area is 165 Å². The normalized spacial score (nSPS) is 19.2. The number of amides is 1. The first-order chi connectivity index (χ1) is 13.2. The van der Waals surface area contributed by atoms with Gasteiger partial charge in [-0.25, -0.2) is 8.42 Å². The van der Waals surface area contributed by atoms with Crippen LogP contribution in [0.25, 0.3) is 0 Å². The third kappa shape index (κ3) is 4.28. The molecule has 2 N–H and O–H groups in total. The largest absolute Gasteiger partial charge is 0.495 e. The minimum Gasteiger partial charge on any atom is -0.495 e. The van der Waals surface area contributed by atoms with Crippen molar-refractivity contribution in [2.24, 2.45) is 0 Å². The number of anilines is 1. The first kappa shape index (κ1) is 20.2. The van der Waals surface area contributed by atoms with Gasteiger partial charge in [0.05, 0.1) is 29.8 Å². The Hall–Kier alpha value is -2.58. The monoisotopic (exact) mass is 404 g/mol. The molecule has 150 valence electrons. The minimum absolute atomic E-state index is 0.0406. The molecule has 2 aromatic rings. The van der Waals surface area contributed by atoms with Gasteiger partial charge in [0.15, 0.2) is 0 Å². The summed E-state index contributed by atoms with van der Waals surface area (Å²) >= 11 is 0. The number of hydrogen-bond donors (Lipinski definition) is 2. The smallest absolute Gasteiger partial charge is 0.262 e. The fraction of sp³-hybridized carbons (Fsp3) is 0.350. The number of benzene rings is 2. The highest BCUT2D eigenvalue weighted by molar-refractivity contribution is 7.92. The van der Waals surface area contributed by atoms with Gasteiger partial charge in [-0.05, 0) is 50.1 Å². The molecular formula is C20H24N2O5S. The number of nitrogens with one attached hydrogen (secondary N) is 2. The third-order valence-electron chi connectivity index (χ3n) is 4.73. The molecule has 0 bridgehead atoms. The Morgan fingerprint density at radius 2 is 1.96 bits per heavy atom. The molecule has 28 heavy (non-hydrogen) atoms. The molecule has 0 unspecified atom stereocenters. The highest BCUT2D eigenvalue weighted by atomic mass is 32.2. The maximum absolute atomic E-state index is 13.0. The second-order valence-corrected chi connectivity index (χ2v) is 8.75. The summed E-state index contributed by atoms with van der Waals surface area (Å²) in [5.41, 5.74) is 0.694. The fourth-order valence-electron chi connectivity index (χ4n) is 3.07. The molecule has 0 spiro atoms. The number of ether oxygens (including phenoxy) is 2. The molecule has 1 atom stereocenters. The third-order valence-corrected chi connectivity index (χ3v) is 6.23. The van der Waals surface area contributed by atoms with Gasteiger partial charge in [-0.2, -0.15) is 0 Å². The Morgan fingerprint density at radius 3 is 2.64 bits per heavy atom. The van der Waals surface area contributed by atoms with Gasteiger partial charge in [0, 0.05) is 12.2 Å². The molecule has 7 nitrogen and oxygen atoms in total. The van der Waals surface area contributed by atoms with Crippen molar-refractivity contribution >= 4 is 21.6 Å². The lowest BCUT2D eigenvalue weighted by Gasteiger charge is -2.23. The molecule has 3 rings (SSSR count). The van der Waals surface area contributed by atoms with Crippen molar-refractivity contribution < 1.29 is 22.7 Å². The van der Waals surface area contributed by atoms with E-state index in [1.54, 1.807) is 43.3 Å². The topological polar surface area (TPSA) is 93.7 Å². The van der Waals surface area contributed by atoms with Crippen LogP contribution in [-0.4, -0.2) is 40.2 Å². The molecule has 0 aliphatic carbocycles. The van der Waals surface area contributed by atoms with Crippen molar-refractivity contribution in [3.63, 3.8) is 0 Å². The molecule has 1 aliphatic heterocycles. The van der Waals surface area contributed by atoms with Crippen molar-refractivity contribution in [2.75, 3.05) is 25.0 Å². The first-order valence-corrected chi connectivity index (χ1v) is 10.4. The summed E-state index contributed by atoms with van der Waals surface area (Å²) in [6.07, 6.45) is 0.713. The summed E-state index contributed by atoms with van der Waals surface area (Å²) in [5.74, 6) is 0.0773. The summed E-state index contributed by atoms with van der Waals surface area (Å²) in [5, 5.41) is 2.94. The second kappa shape index (κ2) is 7.81. The number of carbonyl (C=O) groups is 1. The van der Waals surface area contributed by atoms with Crippen LogP contribution in [0.5, 0.6) is 5.75 Å². The average Bonchev–Trinajstić information content (AvgIpc) is 3.08. The number of sulfonamides is 1. The van der Waals surface area contributed by atoms with Crippen molar-refractivity contribution in [1.82, 2.24) is 5.32 Å². The lowest BCUT2D eigenvalue weighted by atomic mass is 10.0. The van der Waals surface area contributed by atoms with Gasteiger partial charge in [0.25, 0.3) is 15.9 Å². The molecule has 1 saturated heterocycles. The molecule has 1 fully saturated rings. The molecule has 8 heteroatoms. The van der Waals surface area contributed by atoms with Crippen LogP contribution in [-0.2, 0) is 14.8 Å². The summed E-state index contributed by atoms with van der Waals surface area (Å²) in [4.78, 5) is 12.7. The summed E-state index contributed by atoms with van der Waals surface area (Å²) in [6, 6.07) is 11.4. The van der Waals surface area contributed by atoms with Gasteiger partial charge in [0.1, 0.15) is 5.75 Å². The van der Waals surface area contributed by atoms with Crippen molar-refractivity contribution in [1.29, 1.82) is 0 Å². The molecule has 2 aromatic carbocycles. The van der Waals surface area contributed by atoms with Gasteiger partial charge >= 0.3 is 0 Å². The highest BCUT2D eigenvalue weighted by Crippen LogP contribution is 2.28. The Bertz CT molecular complexity index is 982. The number of aryl methyl sites for hydroxylation is 1. The first-order valence-electron chi connectivity index (χ1n) is 8.91. The van der Waals surface area contributed by atoms with Crippen LogP contribution in [0.1, 0.15) is 29.3 Å². The molecule has 1 heterocycles. The second-order valence-electron chi connectivity index (χ2n) is 7.10. The van der Waals surface area contributed by atoms with Crippen LogP contribution in [0.15, 0.2) is 47.4 Å². The van der Waals surface area contributed by atoms with Gasteiger partial charge in [0.2, 0.25) is 0 Å². The molecule has 1 aliphatic rings. The van der Waals surface area contributed by atoms with E-state index in [1.807, 2.05) is 6.92 Å². The van der Waals surface area contributed by atoms with E-state index in [0.29, 0.717) is 36.6 Å². The minimum atomic E-state index is -3.91. The molecular weight excluding hydrogens is 380 g/mol. The van der Waals surface area contributed by atoms with Crippen LogP contribution in [0.3, 0.4) is 0 Å². The van der Waals surface area contributed by atoms with Crippen molar-refractivity contribution in [3.05, 3.63) is 53.6 Å². The van der Waals surface area contributed by atoms with Crippen molar-refractivity contribution in [2.45, 2.75) is 30.7 Å². The lowest BCUT2D eigenvalue weighted by Crippen LogP contribution is -2.46. The number of hydrogen-bond acceptors (Lipinski definition) is 5. The maximum Gasteiger partial charge on any atom is 0.262 e. The number of methoxy groups -OCH3 is 1. The van der Waals surface area contributed by atoms with Crippen LogP contribution < -0.4 is 14.8 Å². The summed E-state index contributed by atoms with van der Waals surface area (Å²) < 4.78 is 39.0. The van der Waals surface area contributed by atoms with Crippen LogP contribution >= 0.6 is 0 Å². The SMILES string of the molecule is COc1ccccc1NS(=O)(=O)c1cc(C(=O)N[C@@]2(C)CCOC2)ccc1C. The van der Waals surface area contributed by atoms with Gasteiger partial charge in [-0.1, -0.05) is 18.2 Å². The predicted octanol–water partition coefficient (Wildman–Crippen LogP) is 2.71. The van der Waals surface area contributed by atoms with E-state index in [4.69, 9.17) is 9.47 Å². The van der Waals surface area contributed by atoms with E-state index < -0.39 is 15.6 Å². The summed E-state index contributed by atoms with van der Waals surface area (Å²) in [7, 11) is -2.44. The van der Waals surface area contributed by atoms with Gasteiger partial charge in [-0.3, -0.25) is 9.52 Å². The fourth-order valence-corrected chi connectivity index (χ4v) is 4.41. The molecule has 1 amide bonds. The van der Waals surface area contributed by atoms with Crippen LogP contribution in [0.2, 0.25) is 0 Å². The summed E-state index contributed by atoms with van der Waals surface area (Å²) in [6.45, 7) is 4.62. The lowest BCUT2D eigenvalue weighted by molar-refractivity contribution is 0.0889. The molecule has 0 aromatic heterocycles. The number of carbonyl (C=O) groups excluding carboxylic acids is 1. The van der Waals surface area contributed by atoms with Crippen molar-refractivity contribution in [3.8, 4) is 5.75 Å². The highest BCUT2D eigenvalue weighted by Gasteiger charge is 2.32. The molecule has 0 radical (unpaired) electrons. The maximum atomic E-state index is 13.0. The quantitative estimate of drug-likeness (QED) is 0.772. The van der Waals surface area contributed by atoms with Crippen LogP contribution in [0.4, 0.5) is 5.69 Å². The van der Waals surface area contributed by atoms with E-state index in [0.717, 1.165) is 0 Å². The van der Waals surface area contributed by atoms with E-state index in [9.17, 15) is 13.2 Å². The van der Waals surface area contributed by atoms with Gasteiger partial charge < -0.3 is 14.8 Å². The Balaban J connectivity index is 1.89. The van der Waals surface area contributed by atoms with E-state index in [2.05, 4.69) is 10.0 Å². The standard InChI is InChI=1S/C20H24N2O5S/c1-14-8-9-15(19(23)21-20(2)10-11-27-13-20)12-18(14)28(24,25)22-16-6-4-5-7-17(16)26-3/h4-9,12,22H,10-11,13H2,1-3H3,(H,21,23)/t20-/m0/s1. The van der Waals surface area contributed by atoms with E-state index in [-0.39, 0.29) is 16.4 Å². The Kier molecular flexibility index (Phi) is 5.62.